The number of fused-ring (bicyclic) bond motifs is 1. The smallest absolute Gasteiger partial charge is 0.319 e. The zero-order valence-electron chi connectivity index (χ0n) is 12.6. The Morgan fingerprint density at radius 2 is 1.90 bits per heavy atom. The highest BCUT2D eigenvalue weighted by Crippen LogP contribution is 2.41. The molecule has 0 radical (unpaired) electrons. The van der Waals surface area contributed by atoms with Gasteiger partial charge >= 0.3 is 6.03 Å². The van der Waals surface area contributed by atoms with E-state index in [0.717, 1.165) is 18.7 Å². The maximum Gasteiger partial charge on any atom is 0.325 e. The van der Waals surface area contributed by atoms with E-state index < -0.39 is 0 Å². The zero-order valence-corrected chi connectivity index (χ0v) is 12.6. The molecular weight excluding hydrogens is 248 g/mol. The van der Waals surface area contributed by atoms with E-state index in [1.165, 1.54) is 6.42 Å². The number of carbonyl (C=O) groups is 1. The van der Waals surface area contributed by atoms with Crippen molar-refractivity contribution >= 4 is 11.7 Å². The molecule has 20 heavy (non-hydrogen) atoms. The zero-order chi connectivity index (χ0) is 14.3. The molecule has 1 aliphatic heterocycles. The van der Waals surface area contributed by atoms with E-state index >= 15 is 0 Å². The Balaban J connectivity index is 1.94. The van der Waals surface area contributed by atoms with Gasteiger partial charge in [-0.2, -0.15) is 0 Å². The standard InChI is InChI=1S/C17H24N2O/c1-12(2)11-18-16-13(3)9-10-15(16)19(17(18)20)14-7-5-4-6-8-14/h4-8,12-13,15-16H,9-11H2,1-3H3/t13-,15-,16+/m0/s1. The van der Waals surface area contributed by atoms with Crippen molar-refractivity contribution in [3.05, 3.63) is 30.3 Å². The van der Waals surface area contributed by atoms with E-state index in [1.54, 1.807) is 0 Å². The van der Waals surface area contributed by atoms with E-state index in [4.69, 9.17) is 0 Å². The summed E-state index contributed by atoms with van der Waals surface area (Å²) in [5.41, 5.74) is 1.05. The second-order valence-electron chi connectivity index (χ2n) is 6.65. The number of benzene rings is 1. The molecule has 1 saturated carbocycles. The lowest BCUT2D eigenvalue weighted by atomic mass is 10.0. The van der Waals surface area contributed by atoms with Crippen molar-refractivity contribution in [2.45, 2.75) is 45.7 Å². The number of rotatable bonds is 3. The van der Waals surface area contributed by atoms with Gasteiger partial charge in [0.1, 0.15) is 0 Å². The van der Waals surface area contributed by atoms with Crippen molar-refractivity contribution in [1.82, 2.24) is 4.90 Å². The van der Waals surface area contributed by atoms with Crippen molar-refractivity contribution < 1.29 is 4.79 Å². The van der Waals surface area contributed by atoms with Gasteiger partial charge in [-0.1, -0.05) is 39.0 Å². The molecule has 1 saturated heterocycles. The van der Waals surface area contributed by atoms with Crippen LogP contribution in [-0.4, -0.2) is 29.6 Å². The first-order valence-electron chi connectivity index (χ1n) is 7.74. The highest BCUT2D eigenvalue weighted by atomic mass is 16.2. The summed E-state index contributed by atoms with van der Waals surface area (Å²) < 4.78 is 0. The molecule has 0 N–H and O–H groups in total. The minimum Gasteiger partial charge on any atom is -0.319 e. The Bertz CT molecular complexity index is 485. The predicted octanol–water partition coefficient (Wildman–Crippen LogP) is 3.75. The van der Waals surface area contributed by atoms with Crippen molar-refractivity contribution in [3.8, 4) is 0 Å². The molecule has 3 atom stereocenters. The number of para-hydroxylation sites is 1. The summed E-state index contributed by atoms with van der Waals surface area (Å²) in [6.07, 6.45) is 2.35. The lowest BCUT2D eigenvalue weighted by Crippen LogP contribution is -2.40. The van der Waals surface area contributed by atoms with E-state index in [1.807, 2.05) is 23.1 Å². The van der Waals surface area contributed by atoms with E-state index in [0.29, 0.717) is 23.9 Å². The number of carbonyl (C=O) groups excluding carboxylic acids is 1. The monoisotopic (exact) mass is 272 g/mol. The molecule has 3 nitrogen and oxygen atoms in total. The van der Waals surface area contributed by atoms with Gasteiger partial charge in [-0.25, -0.2) is 4.79 Å². The number of hydrogen-bond donors (Lipinski definition) is 0. The van der Waals surface area contributed by atoms with Crippen LogP contribution in [0.5, 0.6) is 0 Å². The average Bonchev–Trinajstić information content (AvgIpc) is 2.91. The van der Waals surface area contributed by atoms with Crippen LogP contribution in [0, 0.1) is 11.8 Å². The van der Waals surface area contributed by atoms with Crippen molar-refractivity contribution in [2.75, 3.05) is 11.4 Å². The number of urea groups is 1. The molecule has 3 rings (SSSR count). The van der Waals surface area contributed by atoms with Crippen molar-refractivity contribution in [1.29, 1.82) is 0 Å². The molecular formula is C17H24N2O. The van der Waals surface area contributed by atoms with E-state index in [-0.39, 0.29) is 6.03 Å². The largest absolute Gasteiger partial charge is 0.325 e. The van der Waals surface area contributed by atoms with Crippen LogP contribution in [0.2, 0.25) is 0 Å². The lowest BCUT2D eigenvalue weighted by molar-refractivity contribution is 0.181. The molecule has 1 heterocycles. The number of hydrogen-bond acceptors (Lipinski definition) is 1. The van der Waals surface area contributed by atoms with Gasteiger partial charge in [-0.3, -0.25) is 4.90 Å². The van der Waals surface area contributed by atoms with Crippen molar-refractivity contribution in [3.63, 3.8) is 0 Å². The van der Waals surface area contributed by atoms with Crippen LogP contribution < -0.4 is 4.90 Å². The van der Waals surface area contributed by atoms with Crippen LogP contribution in [0.25, 0.3) is 0 Å². The topological polar surface area (TPSA) is 23.6 Å². The summed E-state index contributed by atoms with van der Waals surface area (Å²) in [5.74, 6) is 1.12. The highest BCUT2D eigenvalue weighted by molar-refractivity contribution is 5.95. The predicted molar refractivity (Wildman–Crippen MR) is 81.8 cm³/mol. The van der Waals surface area contributed by atoms with Gasteiger partial charge in [-0.05, 0) is 36.8 Å². The number of amides is 2. The number of anilines is 1. The Morgan fingerprint density at radius 3 is 2.55 bits per heavy atom. The van der Waals surface area contributed by atoms with Gasteiger partial charge in [-0.15, -0.1) is 0 Å². The third-order valence-electron chi connectivity index (χ3n) is 4.63. The van der Waals surface area contributed by atoms with Crippen LogP contribution in [0.4, 0.5) is 10.5 Å². The Hall–Kier alpha value is -1.51. The second-order valence-corrected chi connectivity index (χ2v) is 6.65. The van der Waals surface area contributed by atoms with Gasteiger partial charge in [0, 0.05) is 12.2 Å². The number of nitrogens with zero attached hydrogens (tertiary/aromatic N) is 2. The third kappa shape index (κ3) is 2.09. The molecule has 0 bridgehead atoms. The molecule has 1 aromatic rings. The minimum atomic E-state index is 0.200. The molecule has 3 heteroatoms. The second kappa shape index (κ2) is 5.12. The van der Waals surface area contributed by atoms with E-state index in [2.05, 4.69) is 37.8 Å². The molecule has 2 fully saturated rings. The van der Waals surface area contributed by atoms with Crippen LogP contribution >= 0.6 is 0 Å². The summed E-state index contributed by atoms with van der Waals surface area (Å²) in [6.45, 7) is 7.54. The normalized spacial score (nSPS) is 29.4. The first-order chi connectivity index (χ1) is 9.59. The first-order valence-corrected chi connectivity index (χ1v) is 7.74. The maximum absolute atomic E-state index is 12.9. The summed E-state index contributed by atoms with van der Waals surface area (Å²) in [5, 5.41) is 0. The van der Waals surface area contributed by atoms with Crippen LogP contribution in [0.3, 0.4) is 0 Å². The van der Waals surface area contributed by atoms with Crippen LogP contribution in [0.1, 0.15) is 33.6 Å². The molecule has 1 aromatic carbocycles. The quantitative estimate of drug-likeness (QED) is 0.822. The summed E-state index contributed by atoms with van der Waals surface area (Å²) in [4.78, 5) is 17.0. The van der Waals surface area contributed by atoms with Gasteiger partial charge in [0.05, 0.1) is 12.1 Å². The molecule has 0 aromatic heterocycles. The minimum absolute atomic E-state index is 0.200. The van der Waals surface area contributed by atoms with Crippen LogP contribution in [0.15, 0.2) is 30.3 Å². The summed E-state index contributed by atoms with van der Waals surface area (Å²) in [6, 6.07) is 11.1. The Morgan fingerprint density at radius 1 is 1.20 bits per heavy atom. The summed E-state index contributed by atoms with van der Waals surface area (Å²) >= 11 is 0. The molecule has 2 aliphatic rings. The Kier molecular flexibility index (Phi) is 3.45. The van der Waals surface area contributed by atoms with Crippen LogP contribution in [-0.2, 0) is 0 Å². The average molecular weight is 272 g/mol. The lowest BCUT2D eigenvalue weighted by Gasteiger charge is -2.27. The first kappa shape index (κ1) is 13.5. The van der Waals surface area contributed by atoms with Gasteiger partial charge in [0.2, 0.25) is 0 Å². The molecule has 0 spiro atoms. The molecule has 0 unspecified atom stereocenters. The summed E-state index contributed by atoms with van der Waals surface area (Å²) in [7, 11) is 0. The fourth-order valence-corrected chi connectivity index (χ4v) is 3.84. The fourth-order valence-electron chi connectivity index (χ4n) is 3.84. The molecule has 1 aliphatic carbocycles. The van der Waals surface area contributed by atoms with E-state index in [9.17, 15) is 4.79 Å². The van der Waals surface area contributed by atoms with Gasteiger partial charge in [0.15, 0.2) is 0 Å². The Labute approximate surface area is 121 Å². The third-order valence-corrected chi connectivity index (χ3v) is 4.63. The molecule has 108 valence electrons. The van der Waals surface area contributed by atoms with Gasteiger partial charge < -0.3 is 4.90 Å². The highest BCUT2D eigenvalue weighted by Gasteiger charge is 2.51. The SMILES string of the molecule is CC(C)CN1C(=O)N(c2ccccc2)[C@H]2CC[C@H](C)[C@H]21. The molecule has 2 amide bonds. The van der Waals surface area contributed by atoms with Crippen molar-refractivity contribution in [2.24, 2.45) is 11.8 Å². The fraction of sp³-hybridized carbons (Fsp3) is 0.588. The maximum atomic E-state index is 12.9. The van der Waals surface area contributed by atoms with Gasteiger partial charge in [0.25, 0.3) is 0 Å².